The van der Waals surface area contributed by atoms with E-state index in [0.29, 0.717) is 18.8 Å². The van der Waals surface area contributed by atoms with Crippen LogP contribution in [0.3, 0.4) is 0 Å². The predicted octanol–water partition coefficient (Wildman–Crippen LogP) is 1.37. The van der Waals surface area contributed by atoms with E-state index >= 15 is 0 Å². The summed E-state index contributed by atoms with van der Waals surface area (Å²) >= 11 is 0. The lowest BCUT2D eigenvalue weighted by molar-refractivity contribution is -0.164. The van der Waals surface area contributed by atoms with Gasteiger partial charge in [0.05, 0.1) is 0 Å². The minimum atomic E-state index is -1.04. The van der Waals surface area contributed by atoms with Gasteiger partial charge in [-0.2, -0.15) is 0 Å². The van der Waals surface area contributed by atoms with E-state index in [4.69, 9.17) is 10.5 Å². The van der Waals surface area contributed by atoms with Gasteiger partial charge in [-0.15, -0.1) is 0 Å². The molecule has 0 aromatic heterocycles. The van der Waals surface area contributed by atoms with Crippen LogP contribution in [0.5, 0.6) is 0 Å². The van der Waals surface area contributed by atoms with Gasteiger partial charge >= 0.3 is 5.97 Å². The van der Waals surface area contributed by atoms with Crippen LogP contribution >= 0.6 is 0 Å². The molecule has 16 heavy (non-hydrogen) atoms. The van der Waals surface area contributed by atoms with Crippen LogP contribution in [0.2, 0.25) is 0 Å². The molecule has 0 aromatic carbocycles. The zero-order chi connectivity index (χ0) is 11.8. The third-order valence-electron chi connectivity index (χ3n) is 3.66. The normalized spacial score (nSPS) is 34.4. The molecule has 4 nitrogen and oxygen atoms in total. The highest BCUT2D eigenvalue weighted by Gasteiger charge is 2.49. The number of amides is 1. The van der Waals surface area contributed by atoms with Crippen molar-refractivity contribution in [2.24, 2.45) is 17.1 Å². The first-order valence-electron chi connectivity index (χ1n) is 6.05. The minimum Gasteiger partial charge on any atom is -0.462 e. The fourth-order valence-corrected chi connectivity index (χ4v) is 2.51. The summed E-state index contributed by atoms with van der Waals surface area (Å²) in [7, 11) is 0. The Morgan fingerprint density at radius 2 is 2.00 bits per heavy atom. The summed E-state index contributed by atoms with van der Waals surface area (Å²) in [6.45, 7) is 2.06. The molecule has 0 radical (unpaired) electrons. The molecule has 0 bridgehead atoms. The van der Waals surface area contributed by atoms with E-state index in [1.54, 1.807) is 0 Å². The number of hydrogen-bond donors (Lipinski definition) is 1. The van der Waals surface area contributed by atoms with Gasteiger partial charge in [-0.05, 0) is 31.6 Å². The van der Waals surface area contributed by atoms with Crippen molar-refractivity contribution in [3.8, 4) is 0 Å². The van der Waals surface area contributed by atoms with Crippen LogP contribution in [0, 0.1) is 11.3 Å². The molecule has 2 saturated carbocycles. The molecular formula is C12H19NO3. The van der Waals surface area contributed by atoms with Gasteiger partial charge in [-0.1, -0.05) is 19.8 Å². The quantitative estimate of drug-likeness (QED) is 0.582. The fourth-order valence-electron chi connectivity index (χ4n) is 2.51. The summed E-state index contributed by atoms with van der Waals surface area (Å²) in [6, 6.07) is 0. The standard InChI is InChI=1S/C12H19NO3/c1-8-3-2-6-12(7-8,10(13)14)11(15)16-9-4-5-9/h8-9H,2-7H2,1H3,(H2,13,14). The monoisotopic (exact) mass is 225 g/mol. The van der Waals surface area contributed by atoms with E-state index in [-0.39, 0.29) is 12.1 Å². The van der Waals surface area contributed by atoms with Crippen LogP contribution in [0.4, 0.5) is 0 Å². The number of carbonyl (C=O) groups is 2. The molecule has 4 heteroatoms. The van der Waals surface area contributed by atoms with Crippen LogP contribution in [0.15, 0.2) is 0 Å². The second kappa shape index (κ2) is 4.07. The zero-order valence-corrected chi connectivity index (χ0v) is 9.70. The third kappa shape index (κ3) is 2.06. The van der Waals surface area contributed by atoms with Crippen LogP contribution in [0.25, 0.3) is 0 Å². The van der Waals surface area contributed by atoms with Crippen molar-refractivity contribution in [2.75, 3.05) is 0 Å². The van der Waals surface area contributed by atoms with Crippen molar-refractivity contribution < 1.29 is 14.3 Å². The highest BCUT2D eigenvalue weighted by molar-refractivity contribution is 6.02. The largest absolute Gasteiger partial charge is 0.462 e. The maximum absolute atomic E-state index is 12.0. The summed E-state index contributed by atoms with van der Waals surface area (Å²) in [6.07, 6.45) is 4.94. The molecule has 0 spiro atoms. The third-order valence-corrected chi connectivity index (χ3v) is 3.66. The van der Waals surface area contributed by atoms with Crippen LogP contribution in [-0.4, -0.2) is 18.0 Å². The molecule has 1 amide bonds. The summed E-state index contributed by atoms with van der Waals surface area (Å²) in [5, 5.41) is 0. The van der Waals surface area contributed by atoms with Gasteiger partial charge in [0.2, 0.25) is 5.91 Å². The lowest BCUT2D eigenvalue weighted by Crippen LogP contribution is -2.48. The Kier molecular flexibility index (Phi) is 2.91. The molecule has 0 saturated heterocycles. The average Bonchev–Trinajstić information content (AvgIpc) is 3.01. The summed E-state index contributed by atoms with van der Waals surface area (Å²) < 4.78 is 5.27. The maximum atomic E-state index is 12.0. The molecule has 2 aliphatic carbocycles. The Hall–Kier alpha value is -1.06. The van der Waals surface area contributed by atoms with E-state index < -0.39 is 11.3 Å². The Morgan fingerprint density at radius 1 is 1.31 bits per heavy atom. The number of hydrogen-bond acceptors (Lipinski definition) is 3. The van der Waals surface area contributed by atoms with Crippen molar-refractivity contribution in [1.29, 1.82) is 0 Å². The van der Waals surface area contributed by atoms with E-state index in [1.807, 2.05) is 0 Å². The zero-order valence-electron chi connectivity index (χ0n) is 9.70. The van der Waals surface area contributed by atoms with Gasteiger partial charge in [0.15, 0.2) is 0 Å². The SMILES string of the molecule is CC1CCCC(C(N)=O)(C(=O)OC2CC2)C1. The highest BCUT2D eigenvalue weighted by atomic mass is 16.6. The maximum Gasteiger partial charge on any atom is 0.321 e. The number of esters is 1. The second-order valence-corrected chi connectivity index (χ2v) is 5.25. The number of carbonyl (C=O) groups excluding carboxylic acids is 2. The molecular weight excluding hydrogens is 206 g/mol. The first-order valence-corrected chi connectivity index (χ1v) is 6.05. The molecule has 2 rings (SSSR count). The lowest BCUT2D eigenvalue weighted by atomic mass is 9.69. The fraction of sp³-hybridized carbons (Fsp3) is 0.833. The average molecular weight is 225 g/mol. The van der Waals surface area contributed by atoms with Gasteiger partial charge in [-0.25, -0.2) is 0 Å². The second-order valence-electron chi connectivity index (χ2n) is 5.25. The van der Waals surface area contributed by atoms with E-state index in [0.717, 1.165) is 25.7 Å². The number of primary amides is 1. The molecule has 90 valence electrons. The molecule has 2 aliphatic rings. The van der Waals surface area contributed by atoms with E-state index in [1.165, 1.54) is 0 Å². The first-order chi connectivity index (χ1) is 7.54. The van der Waals surface area contributed by atoms with Gasteiger partial charge < -0.3 is 10.5 Å². The van der Waals surface area contributed by atoms with E-state index in [2.05, 4.69) is 6.92 Å². The van der Waals surface area contributed by atoms with Crippen molar-refractivity contribution in [3.05, 3.63) is 0 Å². The Morgan fingerprint density at radius 3 is 2.50 bits per heavy atom. The van der Waals surface area contributed by atoms with E-state index in [9.17, 15) is 9.59 Å². The Balaban J connectivity index is 2.12. The van der Waals surface area contributed by atoms with Gasteiger partial charge in [0.1, 0.15) is 11.5 Å². The Labute approximate surface area is 95.5 Å². The molecule has 0 aromatic rings. The van der Waals surface area contributed by atoms with Crippen LogP contribution < -0.4 is 5.73 Å². The molecule has 2 atom stereocenters. The Bertz CT molecular complexity index is 311. The van der Waals surface area contributed by atoms with Gasteiger partial charge in [0, 0.05) is 0 Å². The topological polar surface area (TPSA) is 69.4 Å². The first kappa shape index (κ1) is 11.4. The van der Waals surface area contributed by atoms with Crippen molar-refractivity contribution in [3.63, 3.8) is 0 Å². The smallest absolute Gasteiger partial charge is 0.321 e. The van der Waals surface area contributed by atoms with Gasteiger partial charge in [0.25, 0.3) is 0 Å². The highest BCUT2D eigenvalue weighted by Crippen LogP contribution is 2.41. The van der Waals surface area contributed by atoms with Crippen molar-refractivity contribution >= 4 is 11.9 Å². The number of rotatable bonds is 3. The molecule has 2 fully saturated rings. The lowest BCUT2D eigenvalue weighted by Gasteiger charge is -2.35. The summed E-state index contributed by atoms with van der Waals surface area (Å²) in [5.41, 5.74) is 4.38. The summed E-state index contributed by atoms with van der Waals surface area (Å²) in [4.78, 5) is 23.6. The van der Waals surface area contributed by atoms with Crippen LogP contribution in [-0.2, 0) is 14.3 Å². The van der Waals surface area contributed by atoms with Gasteiger partial charge in [-0.3, -0.25) is 9.59 Å². The van der Waals surface area contributed by atoms with Crippen molar-refractivity contribution in [2.45, 2.75) is 51.6 Å². The molecule has 0 heterocycles. The molecule has 2 N–H and O–H groups in total. The minimum absolute atomic E-state index is 0.0426. The number of nitrogens with two attached hydrogens (primary N) is 1. The predicted molar refractivity (Wildman–Crippen MR) is 58.4 cm³/mol. The summed E-state index contributed by atoms with van der Waals surface area (Å²) in [5.74, 6) is -0.522. The molecule has 2 unspecified atom stereocenters. The van der Waals surface area contributed by atoms with Crippen molar-refractivity contribution in [1.82, 2.24) is 0 Å². The molecule has 0 aliphatic heterocycles. The number of ether oxygens (including phenoxy) is 1. The van der Waals surface area contributed by atoms with Crippen LogP contribution in [0.1, 0.15) is 45.4 Å².